The lowest BCUT2D eigenvalue weighted by Gasteiger charge is -2.12. The Morgan fingerprint density at radius 1 is 1.06 bits per heavy atom. The average Bonchev–Trinajstić information content (AvgIpc) is 2.46. The molecule has 18 heavy (non-hydrogen) atoms. The van der Waals surface area contributed by atoms with Crippen LogP contribution in [0.2, 0.25) is 0 Å². The smallest absolute Gasteiger partial charge is 0.196 e. The van der Waals surface area contributed by atoms with Crippen LogP contribution in [0, 0.1) is 0 Å². The van der Waals surface area contributed by atoms with Crippen molar-refractivity contribution in [2.45, 2.75) is 12.6 Å². The molecule has 0 saturated carbocycles. The molecule has 3 N–H and O–H groups in total. The summed E-state index contributed by atoms with van der Waals surface area (Å²) in [5, 5.41) is 10.1. The highest BCUT2D eigenvalue weighted by Crippen LogP contribution is 2.20. The van der Waals surface area contributed by atoms with Gasteiger partial charge in [0.2, 0.25) is 0 Å². The zero-order valence-electron chi connectivity index (χ0n) is 9.91. The minimum absolute atomic E-state index is 0.281. The van der Waals surface area contributed by atoms with E-state index in [1.54, 1.807) is 42.5 Å². The highest BCUT2D eigenvalue weighted by atomic mass is 16.3. The van der Waals surface area contributed by atoms with Crippen LogP contribution in [0.1, 0.15) is 27.6 Å². The Hall–Kier alpha value is -1.97. The molecule has 3 heteroatoms. The molecule has 2 rings (SSSR count). The minimum atomic E-state index is -1.14. The normalized spacial score (nSPS) is 12.1. The Bertz CT molecular complexity index is 537. The second-order valence-corrected chi connectivity index (χ2v) is 4.04. The van der Waals surface area contributed by atoms with Crippen molar-refractivity contribution in [1.29, 1.82) is 0 Å². The van der Waals surface area contributed by atoms with E-state index in [4.69, 9.17) is 5.73 Å². The van der Waals surface area contributed by atoms with E-state index in [9.17, 15) is 9.90 Å². The molecule has 3 nitrogen and oxygen atoms in total. The van der Waals surface area contributed by atoms with Crippen LogP contribution in [0.15, 0.2) is 54.6 Å². The molecule has 0 heterocycles. The van der Waals surface area contributed by atoms with Gasteiger partial charge in [-0.1, -0.05) is 54.6 Å². The number of carbonyl (C=O) groups excluding carboxylic acids is 1. The summed E-state index contributed by atoms with van der Waals surface area (Å²) in [7, 11) is 0. The molecule has 1 atom stereocenters. The molecular formula is C15H15NO2. The summed E-state index contributed by atoms with van der Waals surface area (Å²) < 4.78 is 0. The van der Waals surface area contributed by atoms with Crippen LogP contribution in [-0.4, -0.2) is 10.9 Å². The molecule has 0 aliphatic heterocycles. The molecule has 0 fully saturated rings. The summed E-state index contributed by atoms with van der Waals surface area (Å²) in [4.78, 5) is 12.2. The highest BCUT2D eigenvalue weighted by Gasteiger charge is 2.20. The van der Waals surface area contributed by atoms with Crippen molar-refractivity contribution in [3.63, 3.8) is 0 Å². The Kier molecular flexibility index (Phi) is 3.87. The van der Waals surface area contributed by atoms with Gasteiger partial charge in [-0.15, -0.1) is 0 Å². The van der Waals surface area contributed by atoms with E-state index in [0.717, 1.165) is 5.56 Å². The molecule has 0 aliphatic carbocycles. The van der Waals surface area contributed by atoms with Crippen LogP contribution in [0.25, 0.3) is 0 Å². The van der Waals surface area contributed by atoms with E-state index >= 15 is 0 Å². The van der Waals surface area contributed by atoms with Gasteiger partial charge >= 0.3 is 0 Å². The van der Waals surface area contributed by atoms with Gasteiger partial charge in [0.15, 0.2) is 5.78 Å². The van der Waals surface area contributed by atoms with Crippen molar-refractivity contribution in [3.05, 3.63) is 71.3 Å². The van der Waals surface area contributed by atoms with Crippen molar-refractivity contribution < 1.29 is 9.90 Å². The molecular weight excluding hydrogens is 226 g/mol. The number of ketones is 1. The monoisotopic (exact) mass is 241 g/mol. The third kappa shape index (κ3) is 2.47. The van der Waals surface area contributed by atoms with Gasteiger partial charge in [0, 0.05) is 12.1 Å². The molecule has 1 unspecified atom stereocenters. The summed E-state index contributed by atoms with van der Waals surface area (Å²) in [6, 6.07) is 16.0. The predicted octanol–water partition coefficient (Wildman–Crippen LogP) is 2.06. The van der Waals surface area contributed by atoms with Crippen molar-refractivity contribution in [2.75, 3.05) is 0 Å². The van der Waals surface area contributed by atoms with Gasteiger partial charge in [-0.3, -0.25) is 4.79 Å². The maximum absolute atomic E-state index is 12.2. The lowest BCUT2D eigenvalue weighted by Crippen LogP contribution is -2.15. The van der Waals surface area contributed by atoms with Crippen LogP contribution in [0.5, 0.6) is 0 Å². The quantitative estimate of drug-likeness (QED) is 0.805. The molecule has 0 bridgehead atoms. The summed E-state index contributed by atoms with van der Waals surface area (Å²) >= 11 is 0. The molecule has 0 aliphatic rings. The maximum atomic E-state index is 12.2. The van der Waals surface area contributed by atoms with Crippen LogP contribution < -0.4 is 5.73 Å². The van der Waals surface area contributed by atoms with Gasteiger partial charge in [0.25, 0.3) is 0 Å². The highest BCUT2D eigenvalue weighted by molar-refractivity contribution is 6.01. The van der Waals surface area contributed by atoms with Gasteiger partial charge in [0.05, 0.1) is 0 Å². The van der Waals surface area contributed by atoms with Crippen LogP contribution in [0.4, 0.5) is 0 Å². The number of hydrogen-bond acceptors (Lipinski definition) is 3. The fourth-order valence-corrected chi connectivity index (χ4v) is 1.87. The molecule has 0 amide bonds. The zero-order chi connectivity index (χ0) is 13.0. The molecule has 92 valence electrons. The number of Topliss-reactive ketones (excluding diaryl/α,β-unsaturated/α-hetero) is 1. The fraction of sp³-hybridized carbons (Fsp3) is 0.133. The third-order valence-corrected chi connectivity index (χ3v) is 2.87. The Morgan fingerprint density at radius 3 is 2.33 bits per heavy atom. The first-order valence-electron chi connectivity index (χ1n) is 5.79. The van der Waals surface area contributed by atoms with Crippen molar-refractivity contribution in [2.24, 2.45) is 5.73 Å². The second kappa shape index (κ2) is 5.58. The molecule has 0 radical (unpaired) electrons. The number of aliphatic hydroxyl groups excluding tert-OH is 1. The fourth-order valence-electron chi connectivity index (χ4n) is 1.87. The molecule has 0 aromatic heterocycles. The Balaban J connectivity index is 2.32. The lowest BCUT2D eigenvalue weighted by atomic mass is 9.96. The van der Waals surface area contributed by atoms with Crippen molar-refractivity contribution >= 4 is 5.78 Å². The van der Waals surface area contributed by atoms with Crippen molar-refractivity contribution in [1.82, 2.24) is 0 Å². The van der Waals surface area contributed by atoms with E-state index in [0.29, 0.717) is 11.1 Å². The molecule has 0 spiro atoms. The topological polar surface area (TPSA) is 63.3 Å². The molecule has 2 aromatic carbocycles. The van der Waals surface area contributed by atoms with E-state index in [1.165, 1.54) is 0 Å². The van der Waals surface area contributed by atoms with Crippen LogP contribution in [0.3, 0.4) is 0 Å². The average molecular weight is 241 g/mol. The molecule has 2 aromatic rings. The van der Waals surface area contributed by atoms with Crippen molar-refractivity contribution in [3.8, 4) is 0 Å². The van der Waals surface area contributed by atoms with Crippen LogP contribution in [-0.2, 0) is 6.54 Å². The standard InChI is InChI=1S/C15H15NO2/c16-10-12-8-4-5-9-13(12)15(18)14(17)11-6-2-1-3-7-11/h1-9,14,17H,10,16H2. The van der Waals surface area contributed by atoms with Gasteiger partial charge in [0.1, 0.15) is 6.10 Å². The number of aliphatic hydroxyl groups is 1. The first-order chi connectivity index (χ1) is 8.74. The minimum Gasteiger partial charge on any atom is -0.380 e. The summed E-state index contributed by atoms with van der Waals surface area (Å²) in [5.41, 5.74) is 7.42. The number of carbonyl (C=O) groups is 1. The summed E-state index contributed by atoms with van der Waals surface area (Å²) in [6.45, 7) is 0.281. The number of nitrogens with two attached hydrogens (primary N) is 1. The van der Waals surface area contributed by atoms with Gasteiger partial charge in [-0.25, -0.2) is 0 Å². The number of benzene rings is 2. The predicted molar refractivity (Wildman–Crippen MR) is 70.1 cm³/mol. The first kappa shape index (κ1) is 12.5. The van der Waals surface area contributed by atoms with E-state index in [1.807, 2.05) is 12.1 Å². The van der Waals surface area contributed by atoms with E-state index in [-0.39, 0.29) is 12.3 Å². The van der Waals surface area contributed by atoms with E-state index in [2.05, 4.69) is 0 Å². The Labute approximate surface area is 106 Å². The number of hydrogen-bond donors (Lipinski definition) is 2. The van der Waals surface area contributed by atoms with E-state index < -0.39 is 6.10 Å². The van der Waals surface area contributed by atoms with Gasteiger partial charge in [-0.05, 0) is 11.1 Å². The molecule has 0 saturated heterocycles. The third-order valence-electron chi connectivity index (χ3n) is 2.87. The lowest BCUT2D eigenvalue weighted by molar-refractivity contribution is 0.0746. The summed E-state index contributed by atoms with van der Waals surface area (Å²) in [6.07, 6.45) is -1.14. The Morgan fingerprint density at radius 2 is 1.67 bits per heavy atom. The number of rotatable bonds is 4. The second-order valence-electron chi connectivity index (χ2n) is 4.04. The van der Waals surface area contributed by atoms with Gasteiger partial charge < -0.3 is 10.8 Å². The van der Waals surface area contributed by atoms with Gasteiger partial charge in [-0.2, -0.15) is 0 Å². The largest absolute Gasteiger partial charge is 0.380 e. The summed E-state index contributed by atoms with van der Waals surface area (Å²) in [5.74, 6) is -0.317. The zero-order valence-corrected chi connectivity index (χ0v) is 9.91. The SMILES string of the molecule is NCc1ccccc1C(=O)C(O)c1ccccc1. The first-order valence-corrected chi connectivity index (χ1v) is 5.79. The maximum Gasteiger partial charge on any atom is 0.196 e. The van der Waals surface area contributed by atoms with Crippen LogP contribution >= 0.6 is 0 Å².